The molecule has 0 bridgehead atoms. The number of para-hydroxylation sites is 1. The first-order valence-electron chi connectivity index (χ1n) is 5.21. The summed E-state index contributed by atoms with van der Waals surface area (Å²) >= 11 is 0. The first kappa shape index (κ1) is 9.66. The highest BCUT2D eigenvalue weighted by molar-refractivity contribution is 7.95. The van der Waals surface area contributed by atoms with Gasteiger partial charge in [0.15, 0.2) is 0 Å². The van der Waals surface area contributed by atoms with Crippen LogP contribution in [0.1, 0.15) is 12.8 Å². The highest BCUT2D eigenvalue weighted by atomic mass is 32.2. The van der Waals surface area contributed by atoms with Crippen LogP contribution < -0.4 is 5.32 Å². The van der Waals surface area contributed by atoms with Crippen LogP contribution in [-0.2, 0) is 9.84 Å². The van der Waals surface area contributed by atoms with Gasteiger partial charge in [0, 0.05) is 0 Å². The highest BCUT2D eigenvalue weighted by Gasteiger charge is 2.32. The Balaban J connectivity index is 2.31. The van der Waals surface area contributed by atoms with Crippen LogP contribution in [0.2, 0.25) is 0 Å². The number of anilines is 1. The molecule has 1 aliphatic carbocycles. The van der Waals surface area contributed by atoms with Crippen molar-refractivity contribution in [3.63, 3.8) is 0 Å². The average molecular weight is 233 g/mol. The molecular weight excluding hydrogens is 222 g/mol. The largest absolute Gasteiger partial charge is 0.354 e. The number of hydrogen-bond donors (Lipinski definition) is 1. The molecule has 82 valence electrons. The van der Waals surface area contributed by atoms with Crippen molar-refractivity contribution in [1.82, 2.24) is 0 Å². The third-order valence-electron chi connectivity index (χ3n) is 2.85. The first-order chi connectivity index (χ1) is 7.69. The lowest BCUT2D eigenvalue weighted by Crippen LogP contribution is -2.21. The van der Waals surface area contributed by atoms with Crippen LogP contribution in [0, 0.1) is 0 Å². The molecule has 16 heavy (non-hydrogen) atoms. The van der Waals surface area contributed by atoms with E-state index >= 15 is 0 Å². The van der Waals surface area contributed by atoms with Crippen molar-refractivity contribution in [2.75, 3.05) is 5.32 Å². The summed E-state index contributed by atoms with van der Waals surface area (Å²) in [7, 11) is -3.31. The number of nitrogens with one attached hydrogen (secondary N) is 1. The van der Waals surface area contributed by atoms with Gasteiger partial charge in [0.2, 0.25) is 9.84 Å². The molecular formula is C12H11NO2S. The quantitative estimate of drug-likeness (QED) is 0.748. The summed E-state index contributed by atoms with van der Waals surface area (Å²) in [6.07, 6.45) is 5.43. The minimum Gasteiger partial charge on any atom is -0.354 e. The van der Waals surface area contributed by atoms with Gasteiger partial charge < -0.3 is 5.32 Å². The Bertz CT molecular complexity index is 612. The van der Waals surface area contributed by atoms with Crippen molar-refractivity contribution in [2.45, 2.75) is 17.7 Å². The number of hydrogen-bond acceptors (Lipinski definition) is 3. The maximum absolute atomic E-state index is 12.3. The lowest BCUT2D eigenvalue weighted by Gasteiger charge is -2.25. The van der Waals surface area contributed by atoms with E-state index in [-0.39, 0.29) is 0 Å². The molecule has 0 unspecified atom stereocenters. The van der Waals surface area contributed by atoms with E-state index in [0.29, 0.717) is 15.5 Å². The fourth-order valence-electron chi connectivity index (χ4n) is 2.09. The summed E-state index contributed by atoms with van der Waals surface area (Å²) < 4.78 is 24.6. The molecule has 2 aliphatic rings. The van der Waals surface area contributed by atoms with Gasteiger partial charge in [-0.05, 0) is 25.0 Å². The molecule has 0 fully saturated rings. The zero-order valence-electron chi connectivity index (χ0n) is 8.60. The number of fused-ring (bicyclic) bond motifs is 2. The molecule has 0 radical (unpaired) electrons. The molecule has 1 aromatic rings. The Morgan fingerprint density at radius 3 is 2.69 bits per heavy atom. The fraction of sp³-hybridized carbons (Fsp3) is 0.167. The smallest absolute Gasteiger partial charge is 0.210 e. The maximum atomic E-state index is 12.3. The van der Waals surface area contributed by atoms with E-state index in [4.69, 9.17) is 0 Å². The second-order valence-corrected chi connectivity index (χ2v) is 5.77. The van der Waals surface area contributed by atoms with Gasteiger partial charge in [0.1, 0.15) is 0 Å². The SMILES string of the molecule is O=S1(=O)C2=CCCC=C2Nc2ccccc21. The lowest BCUT2D eigenvalue weighted by molar-refractivity contribution is 0.601. The molecule has 0 saturated heterocycles. The van der Waals surface area contributed by atoms with Crippen molar-refractivity contribution in [1.29, 1.82) is 0 Å². The Morgan fingerprint density at radius 2 is 1.81 bits per heavy atom. The standard InChI is InChI=1S/C12H11NO2S/c14-16(15)11-7-3-1-5-9(11)13-10-6-2-4-8-12(10)16/h1,3,5-8,13H,2,4H2. The Hall–Kier alpha value is -1.55. The number of benzene rings is 1. The van der Waals surface area contributed by atoms with Crippen LogP contribution in [0.5, 0.6) is 0 Å². The average Bonchev–Trinajstić information content (AvgIpc) is 2.29. The summed E-state index contributed by atoms with van der Waals surface area (Å²) in [5.41, 5.74) is 1.40. The molecule has 4 heteroatoms. The highest BCUT2D eigenvalue weighted by Crippen LogP contribution is 2.38. The van der Waals surface area contributed by atoms with E-state index in [1.54, 1.807) is 24.3 Å². The van der Waals surface area contributed by atoms with Gasteiger partial charge in [0.25, 0.3) is 0 Å². The Kier molecular flexibility index (Phi) is 1.94. The first-order valence-corrected chi connectivity index (χ1v) is 6.70. The van der Waals surface area contributed by atoms with Crippen LogP contribution in [0.25, 0.3) is 0 Å². The van der Waals surface area contributed by atoms with Crippen molar-refractivity contribution >= 4 is 15.5 Å². The second kappa shape index (κ2) is 3.22. The van der Waals surface area contributed by atoms with E-state index in [2.05, 4.69) is 5.32 Å². The minimum absolute atomic E-state index is 0.375. The molecule has 1 N–H and O–H groups in total. The molecule has 3 rings (SSSR count). The van der Waals surface area contributed by atoms with Gasteiger partial charge >= 0.3 is 0 Å². The summed E-state index contributed by atoms with van der Waals surface area (Å²) in [6.45, 7) is 0. The zero-order valence-corrected chi connectivity index (χ0v) is 9.42. The molecule has 3 nitrogen and oxygen atoms in total. The molecule has 0 atom stereocenters. The van der Waals surface area contributed by atoms with Gasteiger partial charge in [-0.2, -0.15) is 0 Å². The van der Waals surface area contributed by atoms with Crippen molar-refractivity contribution < 1.29 is 8.42 Å². The number of allylic oxidation sites excluding steroid dienone is 2. The van der Waals surface area contributed by atoms with Crippen molar-refractivity contribution in [3.8, 4) is 0 Å². The number of sulfone groups is 1. The number of rotatable bonds is 0. The topological polar surface area (TPSA) is 46.2 Å². The molecule has 1 aromatic carbocycles. The van der Waals surface area contributed by atoms with Crippen molar-refractivity contribution in [3.05, 3.63) is 47.0 Å². The fourth-order valence-corrected chi connectivity index (χ4v) is 3.75. The van der Waals surface area contributed by atoms with Crippen LogP contribution in [0.3, 0.4) is 0 Å². The Labute approximate surface area is 94.4 Å². The predicted octanol–water partition coefficient (Wildman–Crippen LogP) is 2.45. The summed E-state index contributed by atoms with van der Waals surface area (Å²) in [4.78, 5) is 0.803. The van der Waals surface area contributed by atoms with Crippen molar-refractivity contribution in [2.24, 2.45) is 0 Å². The van der Waals surface area contributed by atoms with Gasteiger partial charge in [-0.15, -0.1) is 0 Å². The monoisotopic (exact) mass is 233 g/mol. The molecule has 1 aliphatic heterocycles. The molecule has 0 saturated carbocycles. The third kappa shape index (κ3) is 1.23. The molecule has 0 aromatic heterocycles. The van der Waals surface area contributed by atoms with Crippen LogP contribution in [-0.4, -0.2) is 8.42 Å². The van der Waals surface area contributed by atoms with E-state index in [1.807, 2.05) is 12.1 Å². The lowest BCUT2D eigenvalue weighted by atomic mass is 10.1. The summed E-state index contributed by atoms with van der Waals surface area (Å²) in [6, 6.07) is 7.01. The van der Waals surface area contributed by atoms with Gasteiger partial charge in [-0.3, -0.25) is 0 Å². The maximum Gasteiger partial charge on any atom is 0.210 e. The van der Waals surface area contributed by atoms with Gasteiger partial charge in [-0.1, -0.05) is 24.3 Å². The minimum atomic E-state index is -3.31. The van der Waals surface area contributed by atoms with Crippen LogP contribution in [0.4, 0.5) is 5.69 Å². The van der Waals surface area contributed by atoms with E-state index in [1.165, 1.54) is 0 Å². The molecule has 0 spiro atoms. The van der Waals surface area contributed by atoms with E-state index in [9.17, 15) is 8.42 Å². The van der Waals surface area contributed by atoms with E-state index in [0.717, 1.165) is 18.5 Å². The summed E-state index contributed by atoms with van der Waals surface area (Å²) in [5.74, 6) is 0. The second-order valence-electron chi connectivity index (χ2n) is 3.89. The van der Waals surface area contributed by atoms with Crippen LogP contribution >= 0.6 is 0 Å². The molecule has 1 heterocycles. The predicted molar refractivity (Wildman–Crippen MR) is 62.7 cm³/mol. The third-order valence-corrected chi connectivity index (χ3v) is 4.75. The zero-order chi connectivity index (χ0) is 11.2. The molecule has 0 amide bonds. The normalized spacial score (nSPS) is 21.0. The Morgan fingerprint density at radius 1 is 1.06 bits per heavy atom. The van der Waals surface area contributed by atoms with Gasteiger partial charge in [0.05, 0.1) is 21.2 Å². The summed E-state index contributed by atoms with van der Waals surface area (Å²) in [5, 5.41) is 3.17. The van der Waals surface area contributed by atoms with E-state index < -0.39 is 9.84 Å². The van der Waals surface area contributed by atoms with Gasteiger partial charge in [-0.25, -0.2) is 8.42 Å². The van der Waals surface area contributed by atoms with Crippen LogP contribution in [0.15, 0.2) is 51.9 Å².